The molecule has 0 bridgehead atoms. The SMILES string of the molecule is Cc1nnc(Oc2ccc(F)c(Cl)c2)c(C(N)=NO)c1C. The van der Waals surface area contributed by atoms with E-state index < -0.39 is 5.82 Å². The van der Waals surface area contributed by atoms with Crippen LogP contribution in [-0.2, 0) is 0 Å². The number of hydrogen-bond acceptors (Lipinski definition) is 5. The lowest BCUT2D eigenvalue weighted by Gasteiger charge is -2.12. The summed E-state index contributed by atoms with van der Waals surface area (Å²) < 4.78 is 18.6. The first-order chi connectivity index (χ1) is 9.93. The van der Waals surface area contributed by atoms with Crippen molar-refractivity contribution in [3.8, 4) is 11.6 Å². The third kappa shape index (κ3) is 3.03. The highest BCUT2D eigenvalue weighted by Crippen LogP contribution is 2.28. The van der Waals surface area contributed by atoms with Gasteiger partial charge in [0.05, 0.1) is 16.3 Å². The molecule has 0 fully saturated rings. The predicted octanol–water partition coefficient (Wildman–Crippen LogP) is 2.77. The summed E-state index contributed by atoms with van der Waals surface area (Å²) >= 11 is 5.69. The van der Waals surface area contributed by atoms with Crippen molar-refractivity contribution in [1.82, 2.24) is 10.2 Å². The van der Waals surface area contributed by atoms with Crippen LogP contribution in [0.15, 0.2) is 23.4 Å². The number of rotatable bonds is 3. The minimum absolute atomic E-state index is 0.0380. The molecule has 0 aliphatic heterocycles. The van der Waals surface area contributed by atoms with E-state index in [0.717, 1.165) is 6.07 Å². The molecular weight excluding hydrogens is 299 g/mol. The van der Waals surface area contributed by atoms with Crippen molar-refractivity contribution in [2.24, 2.45) is 10.9 Å². The van der Waals surface area contributed by atoms with E-state index in [1.807, 2.05) is 0 Å². The average Bonchev–Trinajstić information content (AvgIpc) is 2.46. The summed E-state index contributed by atoms with van der Waals surface area (Å²) in [6, 6.07) is 3.84. The molecule has 6 nitrogen and oxygen atoms in total. The van der Waals surface area contributed by atoms with E-state index in [9.17, 15) is 4.39 Å². The first-order valence-corrected chi connectivity index (χ1v) is 6.26. The highest BCUT2D eigenvalue weighted by Gasteiger charge is 2.17. The molecule has 2 rings (SSSR count). The summed E-state index contributed by atoms with van der Waals surface area (Å²) in [7, 11) is 0. The summed E-state index contributed by atoms with van der Waals surface area (Å²) in [5, 5.41) is 19.5. The van der Waals surface area contributed by atoms with Crippen LogP contribution >= 0.6 is 11.6 Å². The number of benzene rings is 1. The summed E-state index contributed by atoms with van der Waals surface area (Å²) in [5.41, 5.74) is 7.22. The molecule has 0 aliphatic rings. The van der Waals surface area contributed by atoms with Crippen molar-refractivity contribution in [2.75, 3.05) is 0 Å². The molecule has 21 heavy (non-hydrogen) atoms. The van der Waals surface area contributed by atoms with Crippen LogP contribution in [0.4, 0.5) is 4.39 Å². The Labute approximate surface area is 125 Å². The highest BCUT2D eigenvalue weighted by molar-refractivity contribution is 6.30. The molecule has 0 spiro atoms. The van der Waals surface area contributed by atoms with E-state index in [2.05, 4.69) is 15.4 Å². The molecule has 0 amide bonds. The van der Waals surface area contributed by atoms with Crippen LogP contribution in [0.5, 0.6) is 11.6 Å². The number of oxime groups is 1. The van der Waals surface area contributed by atoms with Gasteiger partial charge in [-0.25, -0.2) is 4.39 Å². The lowest BCUT2D eigenvalue weighted by molar-refractivity contribution is 0.318. The normalized spacial score (nSPS) is 11.5. The Hall–Kier alpha value is -2.41. The first-order valence-electron chi connectivity index (χ1n) is 5.88. The summed E-state index contributed by atoms with van der Waals surface area (Å²) in [4.78, 5) is 0. The maximum atomic E-state index is 13.1. The van der Waals surface area contributed by atoms with Crippen molar-refractivity contribution in [3.63, 3.8) is 0 Å². The molecule has 0 unspecified atom stereocenters. The van der Waals surface area contributed by atoms with Crippen molar-refractivity contribution in [3.05, 3.63) is 45.9 Å². The van der Waals surface area contributed by atoms with Gasteiger partial charge >= 0.3 is 0 Å². The number of hydrogen-bond donors (Lipinski definition) is 2. The number of nitrogens with zero attached hydrogens (tertiary/aromatic N) is 3. The van der Waals surface area contributed by atoms with Crippen molar-refractivity contribution in [1.29, 1.82) is 0 Å². The van der Waals surface area contributed by atoms with Gasteiger partial charge in [0.25, 0.3) is 0 Å². The zero-order valence-electron chi connectivity index (χ0n) is 11.3. The molecule has 110 valence electrons. The minimum Gasteiger partial charge on any atom is -0.437 e. The highest BCUT2D eigenvalue weighted by atomic mass is 35.5. The molecule has 0 aliphatic carbocycles. The molecule has 1 aromatic heterocycles. The lowest BCUT2D eigenvalue weighted by atomic mass is 10.1. The molecule has 0 atom stereocenters. The Morgan fingerprint density at radius 1 is 1.38 bits per heavy atom. The summed E-state index contributed by atoms with van der Waals surface area (Å²) in [5.74, 6) is -0.428. The fraction of sp³-hybridized carbons (Fsp3) is 0.154. The standard InChI is InChI=1S/C13H12ClFN4O2/c1-6-7(2)17-18-13(11(6)12(16)19-20)21-8-3-4-10(15)9(14)5-8/h3-5,20H,1-2H3,(H2,16,19). The number of halogens is 2. The van der Waals surface area contributed by atoms with E-state index in [1.165, 1.54) is 12.1 Å². The van der Waals surface area contributed by atoms with Crippen molar-refractivity contribution in [2.45, 2.75) is 13.8 Å². The van der Waals surface area contributed by atoms with Crippen LogP contribution in [0.2, 0.25) is 5.02 Å². The van der Waals surface area contributed by atoms with E-state index in [4.69, 9.17) is 27.3 Å². The molecule has 2 aromatic rings. The second-order valence-corrected chi connectivity index (χ2v) is 4.66. The molecule has 1 aromatic carbocycles. The molecule has 8 heteroatoms. The molecule has 3 N–H and O–H groups in total. The quantitative estimate of drug-likeness (QED) is 0.393. The van der Waals surface area contributed by atoms with Crippen molar-refractivity contribution >= 4 is 17.4 Å². The summed E-state index contributed by atoms with van der Waals surface area (Å²) in [6.45, 7) is 3.47. The Morgan fingerprint density at radius 2 is 2.10 bits per heavy atom. The third-order valence-corrected chi connectivity index (χ3v) is 3.18. The van der Waals surface area contributed by atoms with Gasteiger partial charge in [-0.3, -0.25) is 0 Å². The Balaban J connectivity index is 2.49. The van der Waals surface area contributed by atoms with E-state index >= 15 is 0 Å². The molecule has 0 saturated heterocycles. The first kappa shape index (κ1) is 15.0. The van der Waals surface area contributed by atoms with Gasteiger partial charge in [-0.1, -0.05) is 16.8 Å². The summed E-state index contributed by atoms with van der Waals surface area (Å²) in [6.07, 6.45) is 0. The van der Waals surface area contributed by atoms with E-state index in [0.29, 0.717) is 16.8 Å². The number of aryl methyl sites for hydroxylation is 1. The van der Waals surface area contributed by atoms with Gasteiger partial charge in [0.1, 0.15) is 11.6 Å². The second kappa shape index (κ2) is 5.92. The van der Waals surface area contributed by atoms with Gasteiger partial charge in [0.15, 0.2) is 5.84 Å². The van der Waals surface area contributed by atoms with Crippen LogP contribution in [0, 0.1) is 19.7 Å². The largest absolute Gasteiger partial charge is 0.437 e. The maximum Gasteiger partial charge on any atom is 0.250 e. The van der Waals surface area contributed by atoms with Crippen LogP contribution in [0.1, 0.15) is 16.8 Å². The van der Waals surface area contributed by atoms with Gasteiger partial charge < -0.3 is 15.7 Å². The number of nitrogens with two attached hydrogens (primary N) is 1. The van der Waals surface area contributed by atoms with Gasteiger partial charge in [-0.05, 0) is 31.5 Å². The predicted molar refractivity (Wildman–Crippen MR) is 75.5 cm³/mol. The number of amidine groups is 1. The lowest BCUT2D eigenvalue weighted by Crippen LogP contribution is -2.18. The van der Waals surface area contributed by atoms with E-state index in [-0.39, 0.29) is 22.5 Å². The second-order valence-electron chi connectivity index (χ2n) is 4.25. The monoisotopic (exact) mass is 310 g/mol. The fourth-order valence-corrected chi connectivity index (χ4v) is 1.83. The fourth-order valence-electron chi connectivity index (χ4n) is 1.66. The van der Waals surface area contributed by atoms with E-state index in [1.54, 1.807) is 13.8 Å². The maximum absolute atomic E-state index is 13.1. The van der Waals surface area contributed by atoms with Gasteiger partial charge in [0, 0.05) is 6.07 Å². The number of aromatic nitrogens is 2. The average molecular weight is 311 g/mol. The van der Waals surface area contributed by atoms with Crippen LogP contribution in [0.3, 0.4) is 0 Å². The Morgan fingerprint density at radius 3 is 2.71 bits per heavy atom. The Kier molecular flexibility index (Phi) is 4.23. The molecular formula is C13H12ClFN4O2. The number of ether oxygens (including phenoxy) is 1. The van der Waals surface area contributed by atoms with Crippen LogP contribution in [0.25, 0.3) is 0 Å². The van der Waals surface area contributed by atoms with Gasteiger partial charge in [-0.2, -0.15) is 5.10 Å². The zero-order chi connectivity index (χ0) is 15.6. The topological polar surface area (TPSA) is 93.6 Å². The van der Waals surface area contributed by atoms with Gasteiger partial charge in [-0.15, -0.1) is 5.10 Å². The zero-order valence-corrected chi connectivity index (χ0v) is 12.0. The van der Waals surface area contributed by atoms with Crippen LogP contribution < -0.4 is 10.5 Å². The smallest absolute Gasteiger partial charge is 0.250 e. The third-order valence-electron chi connectivity index (χ3n) is 2.89. The minimum atomic E-state index is -0.563. The molecule has 0 saturated carbocycles. The molecule has 1 heterocycles. The molecule has 0 radical (unpaired) electrons. The van der Waals surface area contributed by atoms with Gasteiger partial charge in [0.2, 0.25) is 5.88 Å². The van der Waals surface area contributed by atoms with Crippen molar-refractivity contribution < 1.29 is 14.3 Å². The Bertz CT molecular complexity index is 722. The van der Waals surface area contributed by atoms with Crippen LogP contribution in [-0.4, -0.2) is 21.2 Å².